The Bertz CT molecular complexity index is 317. The molecule has 0 aromatic rings. The zero-order chi connectivity index (χ0) is 8.55. The summed E-state index contributed by atoms with van der Waals surface area (Å²) in [6.07, 6.45) is 6.25. The first-order chi connectivity index (χ1) is 5.77. The van der Waals surface area contributed by atoms with E-state index in [0.717, 1.165) is 17.0 Å². The van der Waals surface area contributed by atoms with Crippen molar-refractivity contribution in [1.82, 2.24) is 0 Å². The SMILES string of the molecule is O=C(O)C1C=C2CC=CN=C2S1. The average Bonchev–Trinajstić information content (AvgIpc) is 2.46. The number of hydrogen-bond acceptors (Lipinski definition) is 3. The number of rotatable bonds is 1. The van der Waals surface area contributed by atoms with Crippen molar-refractivity contribution < 1.29 is 9.90 Å². The first kappa shape index (κ1) is 7.61. The lowest BCUT2D eigenvalue weighted by molar-refractivity contribution is -0.135. The van der Waals surface area contributed by atoms with Gasteiger partial charge in [0, 0.05) is 6.20 Å². The Morgan fingerprint density at radius 2 is 2.58 bits per heavy atom. The fraction of sp³-hybridized carbons (Fsp3) is 0.250. The molecule has 4 heteroatoms. The number of aliphatic imine (C=N–C) groups is 1. The molecule has 3 nitrogen and oxygen atoms in total. The third-order valence-electron chi connectivity index (χ3n) is 1.74. The summed E-state index contributed by atoms with van der Waals surface area (Å²) in [5.74, 6) is -0.787. The van der Waals surface area contributed by atoms with E-state index >= 15 is 0 Å². The average molecular weight is 181 g/mol. The zero-order valence-corrected chi connectivity index (χ0v) is 7.04. The molecule has 0 aromatic heterocycles. The van der Waals surface area contributed by atoms with Gasteiger partial charge in [-0.1, -0.05) is 23.9 Å². The van der Waals surface area contributed by atoms with Gasteiger partial charge in [0.25, 0.3) is 0 Å². The van der Waals surface area contributed by atoms with Crippen LogP contribution in [0.5, 0.6) is 0 Å². The van der Waals surface area contributed by atoms with Crippen LogP contribution in [0, 0.1) is 0 Å². The first-order valence-electron chi connectivity index (χ1n) is 3.61. The highest BCUT2D eigenvalue weighted by atomic mass is 32.2. The second kappa shape index (κ2) is 2.79. The number of hydrogen-bond donors (Lipinski definition) is 1. The van der Waals surface area contributed by atoms with Gasteiger partial charge in [0.15, 0.2) is 0 Å². The molecule has 2 aliphatic heterocycles. The van der Waals surface area contributed by atoms with Crippen LogP contribution in [0.4, 0.5) is 0 Å². The van der Waals surface area contributed by atoms with E-state index in [0.29, 0.717) is 0 Å². The predicted octanol–water partition coefficient (Wildman–Crippen LogP) is 1.43. The quantitative estimate of drug-likeness (QED) is 0.665. The van der Waals surface area contributed by atoms with Gasteiger partial charge in [0.2, 0.25) is 0 Å². The van der Waals surface area contributed by atoms with Crippen molar-refractivity contribution in [3.8, 4) is 0 Å². The summed E-state index contributed by atoms with van der Waals surface area (Å²) in [7, 11) is 0. The van der Waals surface area contributed by atoms with E-state index in [2.05, 4.69) is 4.99 Å². The molecule has 1 unspecified atom stereocenters. The fourth-order valence-electron chi connectivity index (χ4n) is 1.17. The highest BCUT2D eigenvalue weighted by Gasteiger charge is 2.28. The summed E-state index contributed by atoms with van der Waals surface area (Å²) in [5, 5.41) is 9.15. The lowest BCUT2D eigenvalue weighted by atomic mass is 10.1. The van der Waals surface area contributed by atoms with E-state index in [1.54, 1.807) is 12.3 Å². The van der Waals surface area contributed by atoms with Crippen molar-refractivity contribution in [2.75, 3.05) is 0 Å². The molecule has 0 saturated heterocycles. The molecular weight excluding hydrogens is 174 g/mol. The normalized spacial score (nSPS) is 26.2. The highest BCUT2D eigenvalue weighted by molar-refractivity contribution is 8.16. The van der Waals surface area contributed by atoms with Gasteiger partial charge >= 0.3 is 5.97 Å². The van der Waals surface area contributed by atoms with E-state index in [-0.39, 0.29) is 0 Å². The summed E-state index contributed by atoms with van der Waals surface area (Å²) in [4.78, 5) is 14.7. The molecular formula is C8H7NO2S. The molecule has 12 heavy (non-hydrogen) atoms. The number of thioether (sulfide) groups is 1. The van der Waals surface area contributed by atoms with Crippen LogP contribution in [-0.2, 0) is 4.79 Å². The number of carbonyl (C=O) groups is 1. The molecule has 0 amide bonds. The molecule has 0 aliphatic carbocycles. The Morgan fingerprint density at radius 3 is 3.25 bits per heavy atom. The third kappa shape index (κ3) is 1.18. The minimum atomic E-state index is -0.787. The lowest BCUT2D eigenvalue weighted by Crippen LogP contribution is -2.10. The maximum absolute atomic E-state index is 10.6. The first-order valence-corrected chi connectivity index (χ1v) is 4.48. The Morgan fingerprint density at radius 1 is 1.75 bits per heavy atom. The Labute approximate surface area is 73.9 Å². The maximum atomic E-state index is 10.6. The molecule has 62 valence electrons. The number of fused-ring (bicyclic) bond motifs is 1. The van der Waals surface area contributed by atoms with Gasteiger partial charge in [-0.05, 0) is 12.0 Å². The standard InChI is InChI=1S/C8H7NO2S/c10-8(11)6-4-5-2-1-3-9-7(5)12-6/h1,3-4,6H,2H2,(H,10,11). The smallest absolute Gasteiger partial charge is 0.320 e. The van der Waals surface area contributed by atoms with Gasteiger partial charge < -0.3 is 5.11 Å². The Hall–Kier alpha value is -1.03. The number of nitrogens with zero attached hydrogens (tertiary/aromatic N) is 1. The van der Waals surface area contributed by atoms with Crippen LogP contribution in [-0.4, -0.2) is 21.4 Å². The molecule has 0 spiro atoms. The summed E-state index contributed by atoms with van der Waals surface area (Å²) in [6.45, 7) is 0. The van der Waals surface area contributed by atoms with Crippen molar-refractivity contribution in [2.45, 2.75) is 11.7 Å². The molecule has 1 N–H and O–H groups in total. The van der Waals surface area contributed by atoms with Gasteiger partial charge in [-0.15, -0.1) is 0 Å². The molecule has 2 aliphatic rings. The largest absolute Gasteiger partial charge is 0.480 e. The number of carboxylic acid groups (broad SMARTS) is 1. The lowest BCUT2D eigenvalue weighted by Gasteiger charge is -2.02. The highest BCUT2D eigenvalue weighted by Crippen LogP contribution is 2.32. The van der Waals surface area contributed by atoms with Crippen LogP contribution in [0.1, 0.15) is 6.42 Å². The maximum Gasteiger partial charge on any atom is 0.320 e. The zero-order valence-electron chi connectivity index (χ0n) is 6.23. The number of allylic oxidation sites excluding steroid dienone is 1. The van der Waals surface area contributed by atoms with Crippen LogP contribution < -0.4 is 0 Å². The summed E-state index contributed by atoms with van der Waals surface area (Å²) >= 11 is 1.31. The van der Waals surface area contributed by atoms with Crippen LogP contribution >= 0.6 is 11.8 Å². The van der Waals surface area contributed by atoms with Crippen LogP contribution in [0.25, 0.3) is 0 Å². The Balaban J connectivity index is 2.25. The van der Waals surface area contributed by atoms with Gasteiger partial charge in [0.05, 0.1) is 0 Å². The van der Waals surface area contributed by atoms with Crippen LogP contribution in [0.3, 0.4) is 0 Å². The van der Waals surface area contributed by atoms with Gasteiger partial charge in [-0.25, -0.2) is 4.99 Å². The van der Waals surface area contributed by atoms with E-state index in [9.17, 15) is 4.79 Å². The monoisotopic (exact) mass is 181 g/mol. The second-order valence-electron chi connectivity index (χ2n) is 2.59. The van der Waals surface area contributed by atoms with E-state index < -0.39 is 11.2 Å². The molecule has 0 bridgehead atoms. The molecule has 2 rings (SSSR count). The fourth-order valence-corrected chi connectivity index (χ4v) is 2.17. The third-order valence-corrected chi connectivity index (χ3v) is 2.93. The van der Waals surface area contributed by atoms with Crippen molar-refractivity contribution in [3.05, 3.63) is 23.9 Å². The van der Waals surface area contributed by atoms with E-state index in [1.165, 1.54) is 11.8 Å². The topological polar surface area (TPSA) is 49.7 Å². The van der Waals surface area contributed by atoms with Crippen molar-refractivity contribution in [2.24, 2.45) is 4.99 Å². The predicted molar refractivity (Wildman–Crippen MR) is 48.3 cm³/mol. The summed E-state index contributed by atoms with van der Waals surface area (Å²) in [6, 6.07) is 0. The molecule has 2 heterocycles. The van der Waals surface area contributed by atoms with Crippen LogP contribution in [0.2, 0.25) is 0 Å². The van der Waals surface area contributed by atoms with Crippen molar-refractivity contribution >= 4 is 22.8 Å². The van der Waals surface area contributed by atoms with E-state index in [4.69, 9.17) is 5.11 Å². The molecule has 0 radical (unpaired) electrons. The number of carboxylic acids is 1. The molecule has 1 atom stereocenters. The Kier molecular flexibility index (Phi) is 1.77. The minimum absolute atomic E-state index is 0.432. The molecule has 0 aromatic carbocycles. The summed E-state index contributed by atoms with van der Waals surface area (Å²) in [5.41, 5.74) is 1.05. The second-order valence-corrected chi connectivity index (χ2v) is 3.72. The van der Waals surface area contributed by atoms with Crippen molar-refractivity contribution in [3.63, 3.8) is 0 Å². The minimum Gasteiger partial charge on any atom is -0.480 e. The van der Waals surface area contributed by atoms with Crippen molar-refractivity contribution in [1.29, 1.82) is 0 Å². The number of aliphatic carboxylic acids is 1. The van der Waals surface area contributed by atoms with E-state index in [1.807, 2.05) is 6.08 Å². The van der Waals surface area contributed by atoms with Gasteiger partial charge in [-0.3, -0.25) is 4.79 Å². The molecule has 0 saturated carbocycles. The van der Waals surface area contributed by atoms with Gasteiger partial charge in [0.1, 0.15) is 10.3 Å². The van der Waals surface area contributed by atoms with Crippen LogP contribution in [0.15, 0.2) is 28.9 Å². The van der Waals surface area contributed by atoms with Gasteiger partial charge in [-0.2, -0.15) is 0 Å². The molecule has 0 fully saturated rings. The summed E-state index contributed by atoms with van der Waals surface area (Å²) < 4.78 is 0.